The Kier molecular flexibility index (Phi) is 6.43. The second kappa shape index (κ2) is 9.18. The summed E-state index contributed by atoms with van der Waals surface area (Å²) in [7, 11) is 1.61. The molecular formula is C24H23Cl4NO4. The molecule has 0 amide bonds. The van der Waals surface area contributed by atoms with Gasteiger partial charge >= 0.3 is 0 Å². The van der Waals surface area contributed by atoms with Crippen LogP contribution in [0.4, 0.5) is 0 Å². The van der Waals surface area contributed by atoms with Crippen molar-refractivity contribution in [3.05, 3.63) is 46.5 Å². The lowest BCUT2D eigenvalue weighted by molar-refractivity contribution is 0.174. The zero-order valence-corrected chi connectivity index (χ0v) is 21.0. The number of halogens is 4. The summed E-state index contributed by atoms with van der Waals surface area (Å²) < 4.78 is 21.4. The third-order valence-electron chi connectivity index (χ3n) is 6.18. The highest BCUT2D eigenvalue weighted by molar-refractivity contribution is 6.68. The lowest BCUT2D eigenvalue weighted by Gasteiger charge is -2.45. The van der Waals surface area contributed by atoms with E-state index in [0.717, 1.165) is 53.1 Å². The normalized spacial score (nSPS) is 18.3. The van der Waals surface area contributed by atoms with E-state index in [1.54, 1.807) is 7.11 Å². The molecule has 3 aliphatic rings. The van der Waals surface area contributed by atoms with Crippen LogP contribution >= 0.6 is 46.4 Å². The minimum absolute atomic E-state index is 0.227. The number of unbranched alkanes of at least 4 members (excludes halogenated alkanes) is 1. The molecule has 0 saturated carbocycles. The first-order chi connectivity index (χ1) is 15.9. The zero-order chi connectivity index (χ0) is 23.2. The smallest absolute Gasteiger partial charge is 0.231 e. The van der Waals surface area contributed by atoms with Crippen molar-refractivity contribution in [1.29, 1.82) is 0 Å². The quantitative estimate of drug-likeness (QED) is 0.310. The zero-order valence-electron chi connectivity index (χ0n) is 18.0. The van der Waals surface area contributed by atoms with E-state index in [1.807, 2.05) is 18.2 Å². The van der Waals surface area contributed by atoms with Gasteiger partial charge in [-0.3, -0.25) is 0 Å². The summed E-state index contributed by atoms with van der Waals surface area (Å²) in [6.07, 6.45) is 4.58. The first kappa shape index (κ1) is 23.1. The molecular weight excluding hydrogens is 508 g/mol. The summed E-state index contributed by atoms with van der Waals surface area (Å²) in [4.78, 5) is 2.14. The predicted octanol–water partition coefficient (Wildman–Crippen LogP) is 6.60. The van der Waals surface area contributed by atoms with E-state index in [1.165, 1.54) is 5.56 Å². The maximum atomic E-state index is 6.64. The van der Waals surface area contributed by atoms with Gasteiger partial charge in [-0.15, -0.1) is 11.6 Å². The fourth-order valence-electron chi connectivity index (χ4n) is 4.70. The molecule has 0 aliphatic carbocycles. The van der Waals surface area contributed by atoms with Gasteiger partial charge in [0, 0.05) is 29.2 Å². The molecule has 0 radical (unpaired) electrons. The Morgan fingerprint density at radius 3 is 2.64 bits per heavy atom. The number of ether oxygens (including phenoxy) is 4. The van der Waals surface area contributed by atoms with Gasteiger partial charge in [-0.25, -0.2) is 0 Å². The fourth-order valence-corrected chi connectivity index (χ4v) is 5.57. The number of hydrogen-bond acceptors (Lipinski definition) is 5. The van der Waals surface area contributed by atoms with Crippen LogP contribution in [0.2, 0.25) is 0 Å². The summed E-state index contributed by atoms with van der Waals surface area (Å²) in [6.45, 7) is 1.40. The van der Waals surface area contributed by atoms with Crippen LogP contribution in [0.5, 0.6) is 23.0 Å². The molecule has 0 spiro atoms. The molecule has 0 unspecified atom stereocenters. The minimum atomic E-state index is -1.61. The Hall–Kier alpha value is -1.66. The third kappa shape index (κ3) is 4.18. The van der Waals surface area contributed by atoms with Gasteiger partial charge in [-0.2, -0.15) is 0 Å². The largest absolute Gasteiger partial charge is 0.493 e. The highest BCUT2D eigenvalue weighted by Gasteiger charge is 2.46. The van der Waals surface area contributed by atoms with Gasteiger partial charge in [-0.1, -0.05) is 40.9 Å². The van der Waals surface area contributed by atoms with Gasteiger partial charge < -0.3 is 23.8 Å². The SMILES string of the molecule is COc1ccc2c(c1OCCCCCl)[C@H](C(Cl)(Cl)Cl)N1CCc3cc4c(cc3C1=C2)OCO4. The summed E-state index contributed by atoms with van der Waals surface area (Å²) in [5, 5.41) is 0. The Labute approximate surface area is 213 Å². The molecule has 3 heterocycles. The standard InChI is InChI=1S/C24H23Cl4NO4/c1-30-18-5-4-15-10-17-16-12-20-19(32-13-33-20)11-14(16)6-8-29(17)23(24(26,27)28)21(15)22(18)31-9-3-2-7-25/h4-5,10-12,23H,2-3,6-9,13H2,1H3/t23-/m1/s1. The van der Waals surface area contributed by atoms with Gasteiger partial charge in [0.1, 0.15) is 6.04 Å². The molecule has 0 N–H and O–H groups in total. The lowest BCUT2D eigenvalue weighted by atomic mass is 9.86. The summed E-state index contributed by atoms with van der Waals surface area (Å²) >= 11 is 25.7. The van der Waals surface area contributed by atoms with Crippen LogP contribution in [0.3, 0.4) is 0 Å². The number of alkyl halides is 4. The van der Waals surface area contributed by atoms with Crippen molar-refractivity contribution in [2.24, 2.45) is 0 Å². The van der Waals surface area contributed by atoms with Crippen LogP contribution < -0.4 is 18.9 Å². The molecule has 2 aromatic carbocycles. The molecule has 33 heavy (non-hydrogen) atoms. The maximum Gasteiger partial charge on any atom is 0.231 e. The van der Waals surface area contributed by atoms with Gasteiger partial charge in [-0.05, 0) is 54.7 Å². The number of nitrogens with zero attached hydrogens (tertiary/aromatic N) is 1. The molecule has 1 atom stereocenters. The molecule has 0 saturated heterocycles. The highest BCUT2D eigenvalue weighted by Crippen LogP contribution is 2.56. The van der Waals surface area contributed by atoms with Crippen molar-refractivity contribution in [3.8, 4) is 23.0 Å². The van der Waals surface area contributed by atoms with Gasteiger partial charge in [0.2, 0.25) is 10.6 Å². The van der Waals surface area contributed by atoms with E-state index < -0.39 is 9.83 Å². The topological polar surface area (TPSA) is 40.2 Å². The Morgan fingerprint density at radius 1 is 1.12 bits per heavy atom. The average molecular weight is 531 g/mol. The molecule has 3 aliphatic heterocycles. The first-order valence-electron chi connectivity index (χ1n) is 10.8. The summed E-state index contributed by atoms with van der Waals surface area (Å²) in [6, 6.07) is 7.38. The minimum Gasteiger partial charge on any atom is -0.493 e. The van der Waals surface area contributed by atoms with Crippen molar-refractivity contribution in [1.82, 2.24) is 4.90 Å². The first-order valence-corrected chi connectivity index (χ1v) is 12.5. The number of fused-ring (bicyclic) bond motifs is 5. The van der Waals surface area contributed by atoms with Crippen LogP contribution in [0.15, 0.2) is 24.3 Å². The number of hydrogen-bond donors (Lipinski definition) is 0. The van der Waals surface area contributed by atoms with Crippen molar-refractivity contribution in [2.75, 3.05) is 32.9 Å². The average Bonchev–Trinajstić information content (AvgIpc) is 3.25. The van der Waals surface area contributed by atoms with Gasteiger partial charge in [0.05, 0.1) is 13.7 Å². The maximum absolute atomic E-state index is 6.64. The van der Waals surface area contributed by atoms with E-state index in [-0.39, 0.29) is 6.79 Å². The second-order valence-electron chi connectivity index (χ2n) is 8.12. The molecule has 0 bridgehead atoms. The van der Waals surface area contributed by atoms with Crippen LogP contribution in [0.1, 0.15) is 41.1 Å². The molecule has 176 valence electrons. The van der Waals surface area contributed by atoms with Gasteiger partial charge in [0.15, 0.2) is 23.0 Å². The summed E-state index contributed by atoms with van der Waals surface area (Å²) in [5.74, 6) is 3.30. The van der Waals surface area contributed by atoms with E-state index in [9.17, 15) is 0 Å². The van der Waals surface area contributed by atoms with E-state index >= 15 is 0 Å². The Bertz CT molecular complexity index is 1100. The molecule has 5 rings (SSSR count). The van der Waals surface area contributed by atoms with Crippen LogP contribution in [0.25, 0.3) is 11.8 Å². The van der Waals surface area contributed by atoms with Crippen LogP contribution in [0, 0.1) is 0 Å². The third-order valence-corrected chi connectivity index (χ3v) is 7.07. The van der Waals surface area contributed by atoms with Crippen LogP contribution in [-0.2, 0) is 6.42 Å². The number of methoxy groups -OCH3 is 1. The van der Waals surface area contributed by atoms with Crippen molar-refractivity contribution in [3.63, 3.8) is 0 Å². The number of rotatable bonds is 6. The predicted molar refractivity (Wildman–Crippen MR) is 132 cm³/mol. The monoisotopic (exact) mass is 529 g/mol. The highest BCUT2D eigenvalue weighted by atomic mass is 35.6. The fraction of sp³-hybridized carbons (Fsp3) is 0.417. The Balaban J connectivity index is 1.65. The molecule has 9 heteroatoms. The lowest BCUT2D eigenvalue weighted by Crippen LogP contribution is -2.41. The molecule has 0 fully saturated rings. The van der Waals surface area contributed by atoms with Crippen molar-refractivity contribution in [2.45, 2.75) is 29.1 Å². The van der Waals surface area contributed by atoms with Crippen molar-refractivity contribution >= 4 is 58.2 Å². The van der Waals surface area contributed by atoms with Crippen LogP contribution in [-0.4, -0.2) is 41.6 Å². The molecule has 0 aromatic heterocycles. The summed E-state index contributed by atoms with van der Waals surface area (Å²) in [5.41, 5.74) is 4.95. The second-order valence-corrected chi connectivity index (χ2v) is 10.9. The van der Waals surface area contributed by atoms with E-state index in [2.05, 4.69) is 17.0 Å². The van der Waals surface area contributed by atoms with Crippen molar-refractivity contribution < 1.29 is 18.9 Å². The molecule has 5 nitrogen and oxygen atoms in total. The van der Waals surface area contributed by atoms with E-state index in [4.69, 9.17) is 65.4 Å². The Morgan fingerprint density at radius 2 is 1.91 bits per heavy atom. The molecule has 2 aromatic rings. The van der Waals surface area contributed by atoms with Gasteiger partial charge in [0.25, 0.3) is 0 Å². The van der Waals surface area contributed by atoms with E-state index in [0.29, 0.717) is 30.5 Å². The number of benzene rings is 2.